The third-order valence-corrected chi connectivity index (χ3v) is 9.67. The third kappa shape index (κ3) is 6.63. The van der Waals surface area contributed by atoms with Gasteiger partial charge in [-0.2, -0.15) is 16.8 Å². The molecule has 0 bridgehead atoms. The number of hydrogen-bond donors (Lipinski definition) is 2. The number of anilines is 2. The molecule has 47 heavy (non-hydrogen) atoms. The number of rotatable bonds is 10. The third-order valence-electron chi connectivity index (χ3n) is 6.96. The van der Waals surface area contributed by atoms with E-state index in [2.05, 4.69) is 20.0 Å². The molecule has 14 nitrogen and oxygen atoms in total. The zero-order valence-electron chi connectivity index (χ0n) is 24.8. The SMILES string of the molecule is Cc1cccc(NS(=O)(=O)c2c([O-])on[n+]2-c2ccc(Cc3ccc(-[n+]4noc([O-])c4S(=O)(=O)Nc4cccc(C)c4)cc3)cc2)c1. The van der Waals surface area contributed by atoms with Crippen LogP contribution in [0, 0.1) is 13.8 Å². The topological polar surface area (TPSA) is 198 Å². The van der Waals surface area contributed by atoms with Crippen molar-refractivity contribution in [3.8, 4) is 23.3 Å². The van der Waals surface area contributed by atoms with Crippen molar-refractivity contribution >= 4 is 31.4 Å². The maximum Gasteiger partial charge on any atom is 0.373 e. The monoisotopic (exact) mass is 674 g/mol. The van der Waals surface area contributed by atoms with E-state index in [1.807, 2.05) is 0 Å². The summed E-state index contributed by atoms with van der Waals surface area (Å²) in [5.74, 6) is -2.24. The van der Waals surface area contributed by atoms with E-state index in [9.17, 15) is 27.0 Å². The van der Waals surface area contributed by atoms with E-state index in [4.69, 9.17) is 9.05 Å². The first-order chi connectivity index (χ1) is 22.4. The van der Waals surface area contributed by atoms with Crippen LogP contribution in [0.5, 0.6) is 11.9 Å². The zero-order chi connectivity index (χ0) is 33.3. The first-order valence-corrected chi connectivity index (χ1v) is 16.9. The average molecular weight is 675 g/mol. The van der Waals surface area contributed by atoms with Crippen LogP contribution in [0.3, 0.4) is 0 Å². The largest absolute Gasteiger partial charge is 0.538 e. The Morgan fingerprint density at radius 3 is 1.36 bits per heavy atom. The summed E-state index contributed by atoms with van der Waals surface area (Å²) < 4.78 is 68.4. The van der Waals surface area contributed by atoms with Crippen molar-refractivity contribution in [1.82, 2.24) is 10.5 Å². The minimum atomic E-state index is -4.34. The summed E-state index contributed by atoms with van der Waals surface area (Å²) in [5, 5.41) is 30.7. The highest BCUT2D eigenvalue weighted by molar-refractivity contribution is 7.92. The molecule has 0 saturated heterocycles. The van der Waals surface area contributed by atoms with E-state index in [1.165, 1.54) is 0 Å². The lowest BCUT2D eigenvalue weighted by Gasteiger charge is -2.07. The smallest absolute Gasteiger partial charge is 0.373 e. The Balaban J connectivity index is 1.19. The summed E-state index contributed by atoms with van der Waals surface area (Å²) in [6.45, 7) is 3.61. The highest BCUT2D eigenvalue weighted by Gasteiger charge is 2.35. The van der Waals surface area contributed by atoms with E-state index in [1.54, 1.807) is 111 Å². The van der Waals surface area contributed by atoms with Crippen LogP contribution in [0.25, 0.3) is 11.4 Å². The minimum absolute atomic E-state index is 0.281. The molecule has 2 heterocycles. The van der Waals surface area contributed by atoms with Crippen molar-refractivity contribution in [1.29, 1.82) is 0 Å². The standard InChI is InChI=1S/C31H26N6O8S2/c1-20-5-3-7-24(17-20)32-46(40,41)28-30(38)44-34-36(28)26-13-9-22(10-14-26)19-23-11-15-27(16-12-23)37-29(31(39)45-35-37)47(42,43)33-25-8-4-6-21(2)18-25/h3-18,32-33H,19H2,1-2H3. The van der Waals surface area contributed by atoms with E-state index in [0.29, 0.717) is 6.42 Å². The van der Waals surface area contributed by atoms with Gasteiger partial charge in [-0.1, -0.05) is 48.5 Å². The first-order valence-electron chi connectivity index (χ1n) is 14.0. The van der Waals surface area contributed by atoms with Gasteiger partial charge in [-0.3, -0.25) is 9.44 Å². The molecule has 0 amide bonds. The average Bonchev–Trinajstić information content (AvgIpc) is 3.61. The molecule has 240 valence electrons. The maximum absolute atomic E-state index is 13.1. The molecule has 16 heteroatoms. The number of aromatic nitrogens is 4. The molecular formula is C31H26N6O8S2. The maximum atomic E-state index is 13.1. The second-order valence-electron chi connectivity index (χ2n) is 10.6. The quantitative estimate of drug-likeness (QED) is 0.203. The Bertz CT molecular complexity index is 2140. The second kappa shape index (κ2) is 12.2. The lowest BCUT2D eigenvalue weighted by molar-refractivity contribution is -0.706. The molecule has 2 aromatic heterocycles. The molecule has 0 unspecified atom stereocenters. The number of hydrogen-bond acceptors (Lipinski definition) is 10. The van der Waals surface area contributed by atoms with Crippen LogP contribution in [0.2, 0.25) is 0 Å². The van der Waals surface area contributed by atoms with Gasteiger partial charge in [0.25, 0.3) is 0 Å². The lowest BCUT2D eigenvalue weighted by Crippen LogP contribution is -2.40. The van der Waals surface area contributed by atoms with Gasteiger partial charge in [-0.15, -0.1) is 0 Å². The van der Waals surface area contributed by atoms with Gasteiger partial charge in [0.2, 0.25) is 11.4 Å². The highest BCUT2D eigenvalue weighted by Crippen LogP contribution is 2.23. The predicted octanol–water partition coefficient (Wildman–Crippen LogP) is 2.17. The molecule has 6 aromatic rings. The van der Waals surface area contributed by atoms with E-state index < -0.39 is 42.0 Å². The fourth-order valence-electron chi connectivity index (χ4n) is 4.83. The molecule has 0 spiro atoms. The molecule has 4 aromatic carbocycles. The molecule has 0 radical (unpaired) electrons. The minimum Gasteiger partial charge on any atom is -0.538 e. The van der Waals surface area contributed by atoms with E-state index in [-0.39, 0.29) is 22.7 Å². The van der Waals surface area contributed by atoms with Crippen molar-refractivity contribution in [3.05, 3.63) is 119 Å². The van der Waals surface area contributed by atoms with Gasteiger partial charge >= 0.3 is 30.1 Å². The van der Waals surface area contributed by atoms with Gasteiger partial charge < -0.3 is 19.3 Å². The molecule has 0 fully saturated rings. The van der Waals surface area contributed by atoms with Crippen LogP contribution in [0.4, 0.5) is 11.4 Å². The second-order valence-corrected chi connectivity index (χ2v) is 13.8. The Labute approximate surface area is 269 Å². The summed E-state index contributed by atoms with van der Waals surface area (Å²) >= 11 is 0. The number of nitrogens with one attached hydrogen (secondary N) is 2. The molecule has 0 aliphatic carbocycles. The van der Waals surface area contributed by atoms with Crippen LogP contribution in [-0.4, -0.2) is 27.4 Å². The van der Waals surface area contributed by atoms with Crippen molar-refractivity contribution in [2.45, 2.75) is 30.3 Å². The zero-order valence-corrected chi connectivity index (χ0v) is 26.4. The number of aryl methyl sites for hydroxylation is 2. The molecule has 2 N–H and O–H groups in total. The summed E-state index contributed by atoms with van der Waals surface area (Å²) in [4.78, 5) is 0. The van der Waals surface area contributed by atoms with Crippen molar-refractivity contribution in [2.75, 3.05) is 9.44 Å². The van der Waals surface area contributed by atoms with Crippen molar-refractivity contribution < 1.29 is 45.5 Å². The van der Waals surface area contributed by atoms with Gasteiger partial charge in [-0.25, -0.2) is 0 Å². The number of benzene rings is 4. The molecule has 0 aliphatic heterocycles. The summed E-state index contributed by atoms with van der Waals surface area (Å²) in [6, 6.07) is 26.7. The van der Waals surface area contributed by atoms with Gasteiger partial charge in [0.15, 0.2) is 11.9 Å². The Hall–Kier alpha value is -5.74. The molecule has 6 rings (SSSR count). The normalized spacial score (nSPS) is 11.8. The van der Waals surface area contributed by atoms with E-state index >= 15 is 0 Å². The molecule has 0 saturated carbocycles. The van der Waals surface area contributed by atoms with Crippen LogP contribution in [-0.2, 0) is 26.5 Å². The van der Waals surface area contributed by atoms with Crippen LogP contribution >= 0.6 is 0 Å². The van der Waals surface area contributed by atoms with Gasteiger partial charge in [0.1, 0.15) is 0 Å². The van der Waals surface area contributed by atoms with Crippen LogP contribution in [0.15, 0.2) is 116 Å². The van der Waals surface area contributed by atoms with E-state index in [0.717, 1.165) is 31.6 Å². The van der Waals surface area contributed by atoms with Crippen LogP contribution < -0.4 is 29.0 Å². The first kappa shape index (κ1) is 31.3. The summed E-state index contributed by atoms with van der Waals surface area (Å²) in [5.41, 5.74) is 4.44. The molecule has 0 aliphatic rings. The fourth-order valence-corrected chi connectivity index (χ4v) is 7.14. The Morgan fingerprint density at radius 2 is 1.00 bits per heavy atom. The van der Waals surface area contributed by atoms with Crippen LogP contribution in [0.1, 0.15) is 22.3 Å². The predicted molar refractivity (Wildman–Crippen MR) is 162 cm³/mol. The van der Waals surface area contributed by atoms with Gasteiger partial charge in [-0.05, 0) is 76.2 Å². The summed E-state index contributed by atoms with van der Waals surface area (Å²) in [6.07, 6.45) is 0.438. The Morgan fingerprint density at radius 1 is 0.617 bits per heavy atom. The number of sulfonamides is 2. The van der Waals surface area contributed by atoms with Gasteiger partial charge in [0.05, 0.1) is 10.5 Å². The highest BCUT2D eigenvalue weighted by atomic mass is 32.2. The lowest BCUT2D eigenvalue weighted by atomic mass is 10.0. The molecular weight excluding hydrogens is 649 g/mol. The van der Waals surface area contributed by atoms with Gasteiger partial charge in [0, 0.05) is 35.6 Å². The number of nitrogens with zero attached hydrogens (tertiary/aromatic N) is 4. The summed E-state index contributed by atoms with van der Waals surface area (Å²) in [7, 11) is -8.68. The van der Waals surface area contributed by atoms with Crippen molar-refractivity contribution in [3.63, 3.8) is 0 Å². The Kier molecular flexibility index (Phi) is 8.13. The van der Waals surface area contributed by atoms with Crippen molar-refractivity contribution in [2.24, 2.45) is 0 Å². The molecule has 0 atom stereocenters. The fraction of sp³-hybridized carbons (Fsp3) is 0.0968.